The summed E-state index contributed by atoms with van der Waals surface area (Å²) in [6, 6.07) is 10.7. The molecule has 1 aromatic carbocycles. The highest BCUT2D eigenvalue weighted by Gasteiger charge is 2.18. The Balaban J connectivity index is 2.09. The fourth-order valence-electron chi connectivity index (χ4n) is 1.64. The molecule has 21 heavy (non-hydrogen) atoms. The maximum Gasteiger partial charge on any atom is 0.282 e. The summed E-state index contributed by atoms with van der Waals surface area (Å²) in [5.41, 5.74) is 1.47. The van der Waals surface area contributed by atoms with Gasteiger partial charge in [0.1, 0.15) is 5.69 Å². The number of H-pyrrole nitrogens is 1. The van der Waals surface area contributed by atoms with Crippen molar-refractivity contribution in [3.8, 4) is 11.3 Å². The summed E-state index contributed by atoms with van der Waals surface area (Å²) >= 11 is 0. The van der Waals surface area contributed by atoms with Crippen LogP contribution in [0.2, 0.25) is 0 Å². The second kappa shape index (κ2) is 6.51. The van der Waals surface area contributed by atoms with E-state index >= 15 is 0 Å². The summed E-state index contributed by atoms with van der Waals surface area (Å²) in [5, 5.41) is 6.52. The summed E-state index contributed by atoms with van der Waals surface area (Å²) in [5.74, 6) is -1.03. The van der Waals surface area contributed by atoms with E-state index in [1.165, 1.54) is 13.2 Å². The maximum absolute atomic E-state index is 11.9. The Labute approximate surface area is 122 Å². The number of rotatable bonds is 6. The molecule has 7 nitrogen and oxygen atoms in total. The van der Waals surface area contributed by atoms with Gasteiger partial charge in [-0.15, -0.1) is 0 Å². The van der Waals surface area contributed by atoms with Crippen molar-refractivity contribution in [2.45, 2.75) is 0 Å². The third-order valence-corrected chi connectivity index (χ3v) is 3.90. The molecule has 0 radical (unpaired) electrons. The molecular weight excluding hydrogens is 294 g/mol. The van der Waals surface area contributed by atoms with Gasteiger partial charge in [-0.1, -0.05) is 30.3 Å². The maximum atomic E-state index is 11.9. The van der Waals surface area contributed by atoms with Crippen molar-refractivity contribution in [1.82, 2.24) is 14.9 Å². The third-order valence-electron chi connectivity index (χ3n) is 2.70. The van der Waals surface area contributed by atoms with Crippen LogP contribution < -0.4 is 4.72 Å². The molecule has 1 aromatic heterocycles. The number of carbonyl (C=O) groups is 1. The Morgan fingerprint density at radius 1 is 1.33 bits per heavy atom. The molecule has 1 heterocycles. The van der Waals surface area contributed by atoms with Crippen LogP contribution in [0.4, 0.5) is 0 Å². The molecule has 0 aliphatic heterocycles. The molecule has 0 unspecified atom stereocenters. The van der Waals surface area contributed by atoms with E-state index in [1.54, 1.807) is 0 Å². The molecule has 0 spiro atoms. The van der Waals surface area contributed by atoms with Gasteiger partial charge in [0, 0.05) is 12.7 Å². The summed E-state index contributed by atoms with van der Waals surface area (Å²) in [4.78, 5) is 11.9. The lowest BCUT2D eigenvalue weighted by atomic mass is 10.1. The number of carbonyl (C=O) groups excluding carboxylic acids is 1. The molecule has 0 aliphatic rings. The van der Waals surface area contributed by atoms with Gasteiger partial charge >= 0.3 is 0 Å². The minimum Gasteiger partial charge on any atom is -0.384 e. The van der Waals surface area contributed by atoms with Crippen LogP contribution in [0.5, 0.6) is 0 Å². The number of methoxy groups -OCH3 is 1. The van der Waals surface area contributed by atoms with Gasteiger partial charge in [0.25, 0.3) is 5.91 Å². The molecule has 2 aromatic rings. The first-order valence-electron chi connectivity index (χ1n) is 6.16. The van der Waals surface area contributed by atoms with Gasteiger partial charge in [-0.25, -0.2) is 13.1 Å². The SMILES string of the molecule is COCCS(=O)(=O)NC(=O)c1cc(-c2ccccc2)n[nH]1. The van der Waals surface area contributed by atoms with Crippen molar-refractivity contribution in [1.29, 1.82) is 0 Å². The van der Waals surface area contributed by atoms with E-state index in [-0.39, 0.29) is 18.1 Å². The number of aromatic nitrogens is 2. The average molecular weight is 309 g/mol. The van der Waals surface area contributed by atoms with Crippen LogP contribution in [-0.2, 0) is 14.8 Å². The highest BCUT2D eigenvalue weighted by Crippen LogP contribution is 2.16. The van der Waals surface area contributed by atoms with Crippen LogP contribution in [0.1, 0.15) is 10.5 Å². The van der Waals surface area contributed by atoms with Gasteiger partial charge < -0.3 is 4.74 Å². The van der Waals surface area contributed by atoms with Gasteiger partial charge in [-0.2, -0.15) is 5.10 Å². The monoisotopic (exact) mass is 309 g/mol. The van der Waals surface area contributed by atoms with Crippen LogP contribution in [-0.4, -0.2) is 44.0 Å². The number of nitrogens with zero attached hydrogens (tertiary/aromatic N) is 1. The minimum atomic E-state index is -3.72. The van der Waals surface area contributed by atoms with Crippen molar-refractivity contribution in [2.75, 3.05) is 19.5 Å². The molecule has 8 heteroatoms. The molecule has 0 bridgehead atoms. The van der Waals surface area contributed by atoms with Crippen molar-refractivity contribution in [2.24, 2.45) is 0 Å². The molecule has 0 fully saturated rings. The van der Waals surface area contributed by atoms with Gasteiger partial charge in [0.05, 0.1) is 18.1 Å². The van der Waals surface area contributed by atoms with Crippen molar-refractivity contribution >= 4 is 15.9 Å². The second-order valence-electron chi connectivity index (χ2n) is 4.28. The average Bonchev–Trinajstić information content (AvgIpc) is 2.96. The lowest BCUT2D eigenvalue weighted by Gasteiger charge is -2.04. The zero-order valence-corrected chi connectivity index (χ0v) is 12.2. The van der Waals surface area contributed by atoms with Gasteiger partial charge in [0.2, 0.25) is 10.0 Å². The topological polar surface area (TPSA) is 101 Å². The van der Waals surface area contributed by atoms with Crippen molar-refractivity contribution in [3.63, 3.8) is 0 Å². The number of nitrogens with one attached hydrogen (secondary N) is 2. The highest BCUT2D eigenvalue weighted by molar-refractivity contribution is 7.90. The van der Waals surface area contributed by atoms with E-state index in [4.69, 9.17) is 0 Å². The summed E-state index contributed by atoms with van der Waals surface area (Å²) in [6.45, 7) is 0.0147. The van der Waals surface area contributed by atoms with Gasteiger partial charge in [-0.05, 0) is 6.07 Å². The second-order valence-corrected chi connectivity index (χ2v) is 6.12. The van der Waals surface area contributed by atoms with Crippen LogP contribution in [0.25, 0.3) is 11.3 Å². The quantitative estimate of drug-likeness (QED) is 0.821. The number of aromatic amines is 1. The molecule has 2 rings (SSSR count). The van der Waals surface area contributed by atoms with E-state index in [0.29, 0.717) is 5.69 Å². The Bertz CT molecular complexity index is 710. The van der Waals surface area contributed by atoms with Crippen LogP contribution in [0.15, 0.2) is 36.4 Å². The number of benzene rings is 1. The molecule has 0 atom stereocenters. The number of amides is 1. The fraction of sp³-hybridized carbons (Fsp3) is 0.231. The lowest BCUT2D eigenvalue weighted by molar-refractivity contribution is 0.0976. The van der Waals surface area contributed by atoms with Gasteiger partial charge in [0.15, 0.2) is 0 Å². The molecule has 1 amide bonds. The summed E-state index contributed by atoms with van der Waals surface area (Å²) in [6.07, 6.45) is 0. The third kappa shape index (κ3) is 4.14. The van der Waals surface area contributed by atoms with Gasteiger partial charge in [-0.3, -0.25) is 9.89 Å². The smallest absolute Gasteiger partial charge is 0.282 e. The zero-order chi connectivity index (χ0) is 15.3. The van der Waals surface area contributed by atoms with Crippen LogP contribution in [0.3, 0.4) is 0 Å². The van der Waals surface area contributed by atoms with E-state index in [1.807, 2.05) is 35.1 Å². The molecular formula is C13H15N3O4S. The predicted octanol–water partition coefficient (Wildman–Crippen LogP) is 0.783. The fourth-order valence-corrected chi connectivity index (χ4v) is 2.52. The number of hydrogen-bond donors (Lipinski definition) is 2. The normalized spacial score (nSPS) is 11.3. The van der Waals surface area contributed by atoms with E-state index in [2.05, 4.69) is 14.9 Å². The highest BCUT2D eigenvalue weighted by atomic mass is 32.2. The minimum absolute atomic E-state index is 0.0147. The number of sulfonamides is 1. The number of hydrogen-bond acceptors (Lipinski definition) is 5. The van der Waals surface area contributed by atoms with Crippen LogP contribution in [0, 0.1) is 0 Å². The lowest BCUT2D eigenvalue weighted by Crippen LogP contribution is -2.34. The first-order valence-corrected chi connectivity index (χ1v) is 7.81. The molecule has 0 saturated heterocycles. The molecule has 112 valence electrons. The Hall–Kier alpha value is -2.19. The molecule has 0 aliphatic carbocycles. The number of ether oxygens (including phenoxy) is 1. The molecule has 0 saturated carbocycles. The summed E-state index contributed by atoms with van der Waals surface area (Å²) < 4.78 is 29.8. The van der Waals surface area contributed by atoms with Crippen molar-refractivity contribution in [3.05, 3.63) is 42.1 Å². The Morgan fingerprint density at radius 3 is 2.71 bits per heavy atom. The first-order chi connectivity index (χ1) is 10.0. The standard InChI is InChI=1S/C13H15N3O4S/c1-20-7-8-21(18,19)16-13(17)12-9-11(14-15-12)10-5-3-2-4-6-10/h2-6,9H,7-8H2,1H3,(H,14,15)(H,16,17). The van der Waals surface area contributed by atoms with E-state index < -0.39 is 15.9 Å². The van der Waals surface area contributed by atoms with Crippen molar-refractivity contribution < 1.29 is 17.9 Å². The zero-order valence-electron chi connectivity index (χ0n) is 11.4. The van der Waals surface area contributed by atoms with Crippen LogP contribution >= 0.6 is 0 Å². The van der Waals surface area contributed by atoms with E-state index in [9.17, 15) is 13.2 Å². The molecule has 2 N–H and O–H groups in total. The Kier molecular flexibility index (Phi) is 4.71. The largest absolute Gasteiger partial charge is 0.384 e. The summed E-state index contributed by atoms with van der Waals surface area (Å²) in [7, 11) is -2.33. The Morgan fingerprint density at radius 2 is 2.05 bits per heavy atom. The predicted molar refractivity (Wildman–Crippen MR) is 77.2 cm³/mol. The first kappa shape index (κ1) is 15.2. The van der Waals surface area contributed by atoms with E-state index in [0.717, 1.165) is 5.56 Å².